The van der Waals surface area contributed by atoms with Crippen LogP contribution in [0.5, 0.6) is 0 Å². The molecule has 0 spiro atoms. The van der Waals surface area contributed by atoms with Crippen LogP contribution in [-0.2, 0) is 13.1 Å². The Morgan fingerprint density at radius 1 is 1.23 bits per heavy atom. The predicted molar refractivity (Wildman–Crippen MR) is 88.9 cm³/mol. The van der Waals surface area contributed by atoms with Crippen molar-refractivity contribution in [1.29, 1.82) is 0 Å². The van der Waals surface area contributed by atoms with Crippen molar-refractivity contribution in [3.05, 3.63) is 68.9 Å². The van der Waals surface area contributed by atoms with Gasteiger partial charge in [-0.25, -0.2) is 13.2 Å². The molecule has 26 heavy (non-hydrogen) atoms. The standard InChI is InChI=1S/C14H9F3N2O2.C4H10O/c15-8-3-10(16)9(11(17)4-8)6-19-5-7-1-2-18-13(20)12(7)14(19)21;1-3-4(2)5/h1-4H,5-6H2,(H,18,20);4-5H,3H2,1-2H3/t;4-/m.1/s1. The SMILES string of the molecule is CC[C@@H](C)O.O=C1c2c(cc[nH]c2=O)CN1Cc1c(F)cc(F)cc1F. The fourth-order valence-corrected chi connectivity index (χ4v) is 2.36. The second-order valence-electron chi connectivity index (χ2n) is 5.97. The maximum atomic E-state index is 13.6. The van der Waals surface area contributed by atoms with E-state index >= 15 is 0 Å². The van der Waals surface area contributed by atoms with Gasteiger partial charge in [-0.3, -0.25) is 9.59 Å². The molecular weight excluding hydrogens is 349 g/mol. The Bertz CT molecular complexity index is 842. The molecule has 0 fully saturated rings. The molecule has 2 heterocycles. The molecule has 1 aliphatic rings. The molecule has 0 radical (unpaired) electrons. The summed E-state index contributed by atoms with van der Waals surface area (Å²) in [6, 6.07) is 2.67. The molecule has 1 atom stereocenters. The molecule has 1 amide bonds. The van der Waals surface area contributed by atoms with Gasteiger partial charge in [0.05, 0.1) is 12.6 Å². The molecule has 0 unspecified atom stereocenters. The fourth-order valence-electron chi connectivity index (χ4n) is 2.36. The minimum absolute atomic E-state index is 0.0274. The summed E-state index contributed by atoms with van der Waals surface area (Å²) < 4.78 is 40.1. The van der Waals surface area contributed by atoms with E-state index in [-0.39, 0.29) is 24.8 Å². The lowest BCUT2D eigenvalue weighted by Crippen LogP contribution is -2.27. The molecule has 8 heteroatoms. The molecule has 0 saturated carbocycles. The number of aliphatic hydroxyl groups is 1. The van der Waals surface area contributed by atoms with Gasteiger partial charge in [-0.15, -0.1) is 0 Å². The highest BCUT2D eigenvalue weighted by atomic mass is 19.1. The summed E-state index contributed by atoms with van der Waals surface area (Å²) in [5.74, 6) is -3.76. The molecule has 1 aromatic heterocycles. The third-order valence-electron chi connectivity index (χ3n) is 3.96. The van der Waals surface area contributed by atoms with E-state index in [1.165, 1.54) is 6.20 Å². The van der Waals surface area contributed by atoms with Crippen molar-refractivity contribution < 1.29 is 23.1 Å². The van der Waals surface area contributed by atoms with Gasteiger partial charge in [0, 0.05) is 30.4 Å². The number of H-pyrrole nitrogens is 1. The number of amides is 1. The first-order valence-corrected chi connectivity index (χ1v) is 8.05. The van der Waals surface area contributed by atoms with Crippen molar-refractivity contribution in [1.82, 2.24) is 9.88 Å². The van der Waals surface area contributed by atoms with E-state index in [2.05, 4.69) is 4.98 Å². The zero-order valence-corrected chi connectivity index (χ0v) is 14.4. The highest BCUT2D eigenvalue weighted by Crippen LogP contribution is 2.24. The number of pyridine rings is 1. The van der Waals surface area contributed by atoms with Gasteiger partial charge in [0.1, 0.15) is 23.0 Å². The highest BCUT2D eigenvalue weighted by molar-refractivity contribution is 5.97. The molecule has 2 N–H and O–H groups in total. The van der Waals surface area contributed by atoms with E-state index in [0.717, 1.165) is 11.3 Å². The summed E-state index contributed by atoms with van der Waals surface area (Å²) in [4.78, 5) is 27.2. The molecule has 1 aliphatic heterocycles. The molecule has 2 aromatic rings. The Morgan fingerprint density at radius 2 is 1.81 bits per heavy atom. The van der Waals surface area contributed by atoms with Gasteiger partial charge >= 0.3 is 0 Å². The lowest BCUT2D eigenvalue weighted by molar-refractivity contribution is 0.0762. The fraction of sp³-hybridized carbons (Fsp3) is 0.333. The summed E-state index contributed by atoms with van der Waals surface area (Å²) in [6.07, 6.45) is 2.15. The van der Waals surface area contributed by atoms with E-state index in [4.69, 9.17) is 5.11 Å². The monoisotopic (exact) mass is 368 g/mol. The molecule has 5 nitrogen and oxygen atoms in total. The third-order valence-corrected chi connectivity index (χ3v) is 3.96. The number of nitrogens with zero attached hydrogens (tertiary/aromatic N) is 1. The average molecular weight is 368 g/mol. The molecule has 0 saturated heterocycles. The van der Waals surface area contributed by atoms with Crippen molar-refractivity contribution in [2.45, 2.75) is 39.5 Å². The number of carbonyl (C=O) groups excluding carboxylic acids is 1. The lowest BCUT2D eigenvalue weighted by atomic mass is 10.2. The minimum Gasteiger partial charge on any atom is -0.393 e. The summed E-state index contributed by atoms with van der Waals surface area (Å²) in [5.41, 5.74) is -0.485. The quantitative estimate of drug-likeness (QED) is 0.875. The number of hydrogen-bond acceptors (Lipinski definition) is 3. The van der Waals surface area contributed by atoms with Crippen LogP contribution in [0.4, 0.5) is 13.2 Å². The van der Waals surface area contributed by atoms with E-state index in [1.54, 1.807) is 13.0 Å². The van der Waals surface area contributed by atoms with Crippen molar-refractivity contribution in [2.75, 3.05) is 0 Å². The van der Waals surface area contributed by atoms with Gasteiger partial charge in [-0.05, 0) is 25.0 Å². The van der Waals surface area contributed by atoms with Gasteiger partial charge in [0.25, 0.3) is 11.5 Å². The molecular formula is C18H19F3N2O3. The van der Waals surface area contributed by atoms with Crippen molar-refractivity contribution in [3.63, 3.8) is 0 Å². The van der Waals surface area contributed by atoms with Gasteiger partial charge < -0.3 is 15.0 Å². The third kappa shape index (κ3) is 4.32. The first-order valence-electron chi connectivity index (χ1n) is 8.05. The molecule has 0 aliphatic carbocycles. The predicted octanol–water partition coefficient (Wildman–Crippen LogP) is 2.73. The first kappa shape index (κ1) is 19.7. The topological polar surface area (TPSA) is 73.4 Å². The number of rotatable bonds is 3. The highest BCUT2D eigenvalue weighted by Gasteiger charge is 2.31. The van der Waals surface area contributed by atoms with Crippen LogP contribution in [0.2, 0.25) is 0 Å². The van der Waals surface area contributed by atoms with Crippen LogP contribution in [0.1, 0.15) is 41.8 Å². The van der Waals surface area contributed by atoms with Gasteiger partial charge in [0.15, 0.2) is 0 Å². The number of halogens is 3. The number of carbonyl (C=O) groups is 1. The Morgan fingerprint density at radius 3 is 2.31 bits per heavy atom. The number of aromatic amines is 1. The number of aromatic nitrogens is 1. The van der Waals surface area contributed by atoms with Crippen LogP contribution in [0.25, 0.3) is 0 Å². The van der Waals surface area contributed by atoms with Crippen molar-refractivity contribution >= 4 is 5.91 Å². The maximum absolute atomic E-state index is 13.6. The minimum atomic E-state index is -1.06. The van der Waals surface area contributed by atoms with Gasteiger partial charge in [-0.2, -0.15) is 0 Å². The summed E-state index contributed by atoms with van der Waals surface area (Å²) in [7, 11) is 0. The largest absolute Gasteiger partial charge is 0.393 e. The molecule has 140 valence electrons. The van der Waals surface area contributed by atoms with E-state index in [1.807, 2.05) is 6.92 Å². The number of fused-ring (bicyclic) bond motifs is 1. The number of benzene rings is 1. The summed E-state index contributed by atoms with van der Waals surface area (Å²) >= 11 is 0. The van der Waals surface area contributed by atoms with Gasteiger partial charge in [0.2, 0.25) is 0 Å². The number of aliphatic hydroxyl groups excluding tert-OH is 1. The van der Waals surface area contributed by atoms with Crippen LogP contribution in [0.3, 0.4) is 0 Å². The Kier molecular flexibility index (Phi) is 6.20. The average Bonchev–Trinajstić information content (AvgIpc) is 2.88. The normalized spacial score (nSPS) is 13.9. The molecule has 1 aromatic carbocycles. The van der Waals surface area contributed by atoms with E-state index in [9.17, 15) is 22.8 Å². The smallest absolute Gasteiger partial charge is 0.261 e. The van der Waals surface area contributed by atoms with E-state index < -0.39 is 34.5 Å². The van der Waals surface area contributed by atoms with Crippen LogP contribution in [0, 0.1) is 17.5 Å². The Balaban J connectivity index is 0.000000431. The second kappa shape index (κ2) is 8.18. The summed E-state index contributed by atoms with van der Waals surface area (Å²) in [5, 5.41) is 8.36. The van der Waals surface area contributed by atoms with Gasteiger partial charge in [-0.1, -0.05) is 6.92 Å². The number of nitrogens with one attached hydrogen (secondary N) is 1. The zero-order chi connectivity index (χ0) is 19.4. The first-order chi connectivity index (χ1) is 12.2. The summed E-state index contributed by atoms with van der Waals surface area (Å²) in [6.45, 7) is 3.43. The van der Waals surface area contributed by atoms with Crippen LogP contribution in [0.15, 0.2) is 29.2 Å². The van der Waals surface area contributed by atoms with Crippen LogP contribution < -0.4 is 5.56 Å². The number of hydrogen-bond donors (Lipinski definition) is 2. The van der Waals surface area contributed by atoms with Crippen LogP contribution >= 0.6 is 0 Å². The second-order valence-corrected chi connectivity index (χ2v) is 5.97. The molecule has 0 bridgehead atoms. The molecule has 3 rings (SSSR count). The van der Waals surface area contributed by atoms with Crippen LogP contribution in [-0.4, -0.2) is 27.0 Å². The van der Waals surface area contributed by atoms with E-state index in [0.29, 0.717) is 17.7 Å². The van der Waals surface area contributed by atoms with Crippen molar-refractivity contribution in [2.24, 2.45) is 0 Å². The zero-order valence-electron chi connectivity index (χ0n) is 14.4. The lowest BCUT2D eigenvalue weighted by Gasteiger charge is -2.16. The Hall–Kier alpha value is -2.61. The Labute approximate surface area is 148 Å². The van der Waals surface area contributed by atoms with Crippen molar-refractivity contribution in [3.8, 4) is 0 Å². The maximum Gasteiger partial charge on any atom is 0.261 e.